The molecule has 1 rings (SSSR count). The number of hydrogen-bond acceptors (Lipinski definition) is 2. The van der Waals surface area contributed by atoms with Gasteiger partial charge in [-0.1, -0.05) is 26.0 Å². The molecule has 0 bridgehead atoms. The highest BCUT2D eigenvalue weighted by molar-refractivity contribution is 14.0. The van der Waals surface area contributed by atoms with Crippen LogP contribution in [0.2, 0.25) is 0 Å². The summed E-state index contributed by atoms with van der Waals surface area (Å²) >= 11 is 0. The predicted octanol–water partition coefficient (Wildman–Crippen LogP) is 2.63. The number of rotatable bonds is 6. The molecule has 0 atom stereocenters. The van der Waals surface area contributed by atoms with Crippen LogP contribution in [0, 0.1) is 5.92 Å². The summed E-state index contributed by atoms with van der Waals surface area (Å²) < 4.78 is 0. The van der Waals surface area contributed by atoms with E-state index >= 15 is 0 Å². The third-order valence-electron chi connectivity index (χ3n) is 2.88. The van der Waals surface area contributed by atoms with E-state index in [9.17, 15) is 4.79 Å². The van der Waals surface area contributed by atoms with Crippen LogP contribution in [0.3, 0.4) is 0 Å². The Hall–Kier alpha value is -1.31. The summed E-state index contributed by atoms with van der Waals surface area (Å²) in [6.45, 7) is 7.56. The lowest BCUT2D eigenvalue weighted by molar-refractivity contribution is -0.114. The number of guanidine groups is 1. The van der Waals surface area contributed by atoms with Crippen molar-refractivity contribution >= 4 is 41.5 Å². The normalized spacial score (nSPS) is 10.9. The van der Waals surface area contributed by atoms with E-state index in [4.69, 9.17) is 0 Å². The molecule has 0 aliphatic carbocycles. The van der Waals surface area contributed by atoms with Crippen molar-refractivity contribution in [1.29, 1.82) is 0 Å². The maximum absolute atomic E-state index is 10.9. The third-order valence-corrected chi connectivity index (χ3v) is 2.88. The molecule has 124 valence electrons. The van der Waals surface area contributed by atoms with Crippen molar-refractivity contribution in [1.82, 2.24) is 10.6 Å². The monoisotopic (exact) mass is 418 g/mol. The van der Waals surface area contributed by atoms with Crippen LogP contribution in [0.4, 0.5) is 5.69 Å². The highest BCUT2D eigenvalue weighted by Gasteiger charge is 2.00. The second-order valence-corrected chi connectivity index (χ2v) is 5.40. The second kappa shape index (κ2) is 11.3. The van der Waals surface area contributed by atoms with E-state index in [0.717, 1.165) is 31.2 Å². The van der Waals surface area contributed by atoms with E-state index in [-0.39, 0.29) is 29.9 Å². The smallest absolute Gasteiger partial charge is 0.221 e. The number of anilines is 1. The zero-order valence-corrected chi connectivity index (χ0v) is 16.1. The van der Waals surface area contributed by atoms with Crippen molar-refractivity contribution in [2.75, 3.05) is 25.5 Å². The fourth-order valence-corrected chi connectivity index (χ4v) is 1.80. The molecule has 0 spiro atoms. The molecule has 6 heteroatoms. The Balaban J connectivity index is 0.00000441. The van der Waals surface area contributed by atoms with Crippen LogP contribution < -0.4 is 16.0 Å². The minimum atomic E-state index is -0.0514. The molecular formula is C16H27IN4O. The third kappa shape index (κ3) is 8.86. The van der Waals surface area contributed by atoms with Crippen molar-refractivity contribution in [3.05, 3.63) is 29.8 Å². The van der Waals surface area contributed by atoms with E-state index in [2.05, 4.69) is 34.8 Å². The topological polar surface area (TPSA) is 65.5 Å². The van der Waals surface area contributed by atoms with Crippen LogP contribution in [-0.2, 0) is 11.2 Å². The molecule has 0 fully saturated rings. The molecule has 0 saturated carbocycles. The zero-order valence-electron chi connectivity index (χ0n) is 13.8. The second-order valence-electron chi connectivity index (χ2n) is 5.40. The van der Waals surface area contributed by atoms with E-state index < -0.39 is 0 Å². The van der Waals surface area contributed by atoms with Crippen molar-refractivity contribution in [2.45, 2.75) is 27.2 Å². The van der Waals surface area contributed by atoms with Gasteiger partial charge in [0.05, 0.1) is 0 Å². The largest absolute Gasteiger partial charge is 0.356 e. The van der Waals surface area contributed by atoms with Gasteiger partial charge in [0.1, 0.15) is 0 Å². The summed E-state index contributed by atoms with van der Waals surface area (Å²) in [7, 11) is 1.78. The van der Waals surface area contributed by atoms with Gasteiger partial charge in [-0.15, -0.1) is 24.0 Å². The molecule has 1 aromatic rings. The van der Waals surface area contributed by atoms with Gasteiger partial charge in [0, 0.05) is 32.7 Å². The van der Waals surface area contributed by atoms with Gasteiger partial charge >= 0.3 is 0 Å². The van der Waals surface area contributed by atoms with Crippen LogP contribution in [0.1, 0.15) is 26.3 Å². The summed E-state index contributed by atoms with van der Waals surface area (Å²) in [5.74, 6) is 1.37. The van der Waals surface area contributed by atoms with Crippen LogP contribution in [-0.4, -0.2) is 32.0 Å². The van der Waals surface area contributed by atoms with Crippen molar-refractivity contribution in [3.63, 3.8) is 0 Å². The van der Waals surface area contributed by atoms with Gasteiger partial charge in [-0.25, -0.2) is 0 Å². The summed E-state index contributed by atoms with van der Waals surface area (Å²) in [5, 5.41) is 9.33. The first-order valence-corrected chi connectivity index (χ1v) is 7.32. The summed E-state index contributed by atoms with van der Waals surface area (Å²) in [5.41, 5.74) is 2.05. The van der Waals surface area contributed by atoms with E-state index in [1.54, 1.807) is 7.05 Å². The first-order valence-electron chi connectivity index (χ1n) is 7.32. The fourth-order valence-electron chi connectivity index (χ4n) is 1.80. The Kier molecular flexibility index (Phi) is 10.6. The Morgan fingerprint density at radius 1 is 1.18 bits per heavy atom. The maximum Gasteiger partial charge on any atom is 0.221 e. The molecule has 0 aliphatic rings. The molecule has 0 aliphatic heterocycles. The molecule has 0 aromatic heterocycles. The van der Waals surface area contributed by atoms with E-state index in [0.29, 0.717) is 5.92 Å². The molecule has 1 amide bonds. The number of nitrogens with zero attached hydrogens (tertiary/aromatic N) is 1. The first-order chi connectivity index (χ1) is 10.0. The van der Waals surface area contributed by atoms with Crippen molar-refractivity contribution in [3.8, 4) is 0 Å². The van der Waals surface area contributed by atoms with Gasteiger partial charge in [-0.05, 0) is 30.0 Å². The Bertz CT molecular complexity index is 472. The quantitative estimate of drug-likeness (QED) is 0.378. The highest BCUT2D eigenvalue weighted by atomic mass is 127. The molecule has 3 N–H and O–H groups in total. The highest BCUT2D eigenvalue weighted by Crippen LogP contribution is 2.09. The SMILES string of the molecule is CN=C(NCCc1ccc(NC(C)=O)cc1)NCC(C)C.I. The lowest BCUT2D eigenvalue weighted by Gasteiger charge is -2.13. The zero-order chi connectivity index (χ0) is 15.7. The maximum atomic E-state index is 10.9. The summed E-state index contributed by atoms with van der Waals surface area (Å²) in [6.07, 6.45) is 0.905. The number of nitrogens with one attached hydrogen (secondary N) is 3. The molecule has 0 unspecified atom stereocenters. The van der Waals surface area contributed by atoms with Gasteiger partial charge in [0.25, 0.3) is 0 Å². The standard InChI is InChI=1S/C16H26N4O.HI/c1-12(2)11-19-16(17-4)18-10-9-14-5-7-15(8-6-14)20-13(3)21;/h5-8,12H,9-11H2,1-4H3,(H,20,21)(H2,17,18,19);1H. The number of halogens is 1. The lowest BCUT2D eigenvalue weighted by atomic mass is 10.1. The van der Waals surface area contributed by atoms with Crippen LogP contribution in [0.5, 0.6) is 0 Å². The Morgan fingerprint density at radius 3 is 2.32 bits per heavy atom. The van der Waals surface area contributed by atoms with Crippen molar-refractivity contribution < 1.29 is 4.79 Å². The van der Waals surface area contributed by atoms with Gasteiger partial charge in [0.2, 0.25) is 5.91 Å². The number of carbonyl (C=O) groups excluding carboxylic acids is 1. The minimum Gasteiger partial charge on any atom is -0.356 e. The Morgan fingerprint density at radius 2 is 1.82 bits per heavy atom. The number of aliphatic imine (C=N–C) groups is 1. The van der Waals surface area contributed by atoms with Gasteiger partial charge in [-0.2, -0.15) is 0 Å². The molecular weight excluding hydrogens is 391 g/mol. The number of carbonyl (C=O) groups is 1. The average Bonchev–Trinajstić information content (AvgIpc) is 2.43. The average molecular weight is 418 g/mol. The molecule has 5 nitrogen and oxygen atoms in total. The molecule has 0 radical (unpaired) electrons. The van der Waals surface area contributed by atoms with Crippen LogP contribution >= 0.6 is 24.0 Å². The first kappa shape index (κ1) is 20.7. The van der Waals surface area contributed by atoms with E-state index in [1.807, 2.05) is 24.3 Å². The number of hydrogen-bond donors (Lipinski definition) is 3. The van der Waals surface area contributed by atoms with Crippen molar-refractivity contribution in [2.24, 2.45) is 10.9 Å². The molecule has 22 heavy (non-hydrogen) atoms. The molecule has 0 saturated heterocycles. The Labute approximate surface area is 150 Å². The predicted molar refractivity (Wildman–Crippen MR) is 104 cm³/mol. The van der Waals surface area contributed by atoms with Gasteiger partial charge in [0.15, 0.2) is 5.96 Å². The minimum absolute atomic E-state index is 0. The number of benzene rings is 1. The van der Waals surface area contributed by atoms with Crippen LogP contribution in [0.25, 0.3) is 0 Å². The fraction of sp³-hybridized carbons (Fsp3) is 0.500. The lowest BCUT2D eigenvalue weighted by Crippen LogP contribution is -2.39. The summed E-state index contributed by atoms with van der Waals surface area (Å²) in [4.78, 5) is 15.1. The summed E-state index contributed by atoms with van der Waals surface area (Å²) in [6, 6.07) is 7.89. The van der Waals surface area contributed by atoms with Crippen LogP contribution in [0.15, 0.2) is 29.3 Å². The molecule has 1 aromatic carbocycles. The van der Waals surface area contributed by atoms with Gasteiger partial charge in [-0.3, -0.25) is 9.79 Å². The molecule has 0 heterocycles. The van der Waals surface area contributed by atoms with Gasteiger partial charge < -0.3 is 16.0 Å². The van der Waals surface area contributed by atoms with E-state index in [1.165, 1.54) is 12.5 Å². The number of amides is 1.